The van der Waals surface area contributed by atoms with Gasteiger partial charge in [-0.3, -0.25) is 4.79 Å². The molecule has 0 aromatic carbocycles. The molecule has 2 unspecified atom stereocenters. The third-order valence-electron chi connectivity index (χ3n) is 2.49. The van der Waals surface area contributed by atoms with Crippen LogP contribution < -0.4 is 11.1 Å². The summed E-state index contributed by atoms with van der Waals surface area (Å²) < 4.78 is 0. The summed E-state index contributed by atoms with van der Waals surface area (Å²) in [5, 5.41) is 2.73. The molecule has 3 nitrogen and oxygen atoms in total. The Morgan fingerprint density at radius 3 is 2.43 bits per heavy atom. The van der Waals surface area contributed by atoms with Gasteiger partial charge in [0.05, 0.1) is 12.1 Å². The minimum Gasteiger partial charge on any atom is -0.341 e. The lowest BCUT2D eigenvalue weighted by atomic mass is 9.99. The van der Waals surface area contributed by atoms with Crippen LogP contribution >= 0.6 is 0 Å². The normalized spacial score (nSPS) is 16.5. The Labute approximate surface area is 86.4 Å². The van der Waals surface area contributed by atoms with Crippen molar-refractivity contribution in [3.05, 3.63) is 0 Å². The Kier molecular flexibility index (Phi) is 5.98. The molecule has 14 heavy (non-hydrogen) atoms. The highest BCUT2D eigenvalue weighted by atomic mass is 16.2. The highest BCUT2D eigenvalue weighted by Gasteiger charge is 2.20. The first-order chi connectivity index (χ1) is 6.56. The Morgan fingerprint density at radius 2 is 2.07 bits per heavy atom. The molecule has 0 fully saturated rings. The molecule has 0 aromatic rings. The van der Waals surface area contributed by atoms with E-state index in [0.717, 1.165) is 12.8 Å². The first kappa shape index (κ1) is 13.0. The lowest BCUT2D eigenvalue weighted by molar-refractivity contribution is -0.123. The molecule has 0 rings (SSSR count). The van der Waals surface area contributed by atoms with Crippen molar-refractivity contribution in [2.24, 2.45) is 11.7 Å². The van der Waals surface area contributed by atoms with Gasteiger partial charge in [-0.1, -0.05) is 33.1 Å². The van der Waals surface area contributed by atoms with Gasteiger partial charge in [-0.05, 0) is 12.3 Å². The van der Waals surface area contributed by atoms with E-state index in [4.69, 9.17) is 12.2 Å². The van der Waals surface area contributed by atoms with E-state index in [-0.39, 0.29) is 17.9 Å². The largest absolute Gasteiger partial charge is 0.341 e. The van der Waals surface area contributed by atoms with Crippen molar-refractivity contribution in [1.29, 1.82) is 0 Å². The maximum Gasteiger partial charge on any atom is 0.238 e. The minimum atomic E-state index is -0.456. The van der Waals surface area contributed by atoms with Crippen molar-refractivity contribution < 1.29 is 4.79 Å². The van der Waals surface area contributed by atoms with Crippen molar-refractivity contribution in [1.82, 2.24) is 5.32 Å². The molecule has 0 saturated heterocycles. The average Bonchev–Trinajstić information content (AvgIpc) is 2.23. The highest BCUT2D eigenvalue weighted by molar-refractivity contribution is 5.82. The van der Waals surface area contributed by atoms with Crippen LogP contribution in [0.25, 0.3) is 0 Å². The van der Waals surface area contributed by atoms with Crippen LogP contribution in [-0.4, -0.2) is 18.0 Å². The van der Waals surface area contributed by atoms with Crippen LogP contribution in [0, 0.1) is 18.3 Å². The lowest BCUT2D eigenvalue weighted by Gasteiger charge is -2.19. The Hall–Kier alpha value is -1.01. The van der Waals surface area contributed by atoms with E-state index in [1.165, 1.54) is 0 Å². The second-order valence-corrected chi connectivity index (χ2v) is 3.55. The van der Waals surface area contributed by atoms with Crippen molar-refractivity contribution in [3.63, 3.8) is 0 Å². The van der Waals surface area contributed by atoms with Gasteiger partial charge in [-0.15, -0.1) is 6.42 Å². The van der Waals surface area contributed by atoms with Gasteiger partial charge in [-0.2, -0.15) is 0 Å². The number of terminal acetylenes is 1. The fourth-order valence-electron chi connectivity index (χ4n) is 1.04. The number of hydrogen-bond donors (Lipinski definition) is 2. The number of rotatable bonds is 5. The predicted octanol–water partition coefficient (Wildman–Crippen LogP) is 0.888. The van der Waals surface area contributed by atoms with E-state index in [1.807, 2.05) is 20.8 Å². The molecule has 0 aliphatic carbocycles. The molecule has 80 valence electrons. The summed E-state index contributed by atoms with van der Waals surface area (Å²) in [6.45, 7) is 5.90. The summed E-state index contributed by atoms with van der Waals surface area (Å²) in [5.41, 5.74) is 5.75. The topological polar surface area (TPSA) is 55.1 Å². The minimum absolute atomic E-state index is 0.149. The monoisotopic (exact) mass is 196 g/mol. The quantitative estimate of drug-likeness (QED) is 0.642. The van der Waals surface area contributed by atoms with E-state index in [9.17, 15) is 4.79 Å². The van der Waals surface area contributed by atoms with E-state index in [1.54, 1.807) is 0 Å². The van der Waals surface area contributed by atoms with Gasteiger partial charge >= 0.3 is 0 Å². The lowest BCUT2D eigenvalue weighted by Crippen LogP contribution is -2.47. The van der Waals surface area contributed by atoms with Crippen LogP contribution in [0.3, 0.4) is 0 Å². The van der Waals surface area contributed by atoms with Gasteiger partial charge in [0.1, 0.15) is 0 Å². The Morgan fingerprint density at radius 1 is 1.50 bits per heavy atom. The molecule has 1 amide bonds. The zero-order chi connectivity index (χ0) is 11.1. The molecular formula is C11H20N2O. The second kappa shape index (κ2) is 6.44. The van der Waals surface area contributed by atoms with E-state index in [2.05, 4.69) is 11.2 Å². The number of carbonyl (C=O) groups excluding carboxylic acids is 1. The fourth-order valence-corrected chi connectivity index (χ4v) is 1.04. The molecule has 3 N–H and O–H groups in total. The van der Waals surface area contributed by atoms with Gasteiger partial charge in [0.15, 0.2) is 0 Å². The van der Waals surface area contributed by atoms with Crippen molar-refractivity contribution >= 4 is 5.91 Å². The summed E-state index contributed by atoms with van der Waals surface area (Å²) in [7, 11) is 0. The summed E-state index contributed by atoms with van der Waals surface area (Å²) >= 11 is 0. The summed E-state index contributed by atoms with van der Waals surface area (Å²) in [6, 6.07) is -0.653. The van der Waals surface area contributed by atoms with Crippen LogP contribution in [-0.2, 0) is 4.79 Å². The van der Waals surface area contributed by atoms with Crippen molar-refractivity contribution in [2.45, 2.75) is 45.7 Å². The van der Waals surface area contributed by atoms with Crippen LogP contribution in [0.15, 0.2) is 0 Å². The zero-order valence-corrected chi connectivity index (χ0v) is 9.21. The van der Waals surface area contributed by atoms with Crippen LogP contribution in [0.1, 0.15) is 33.6 Å². The van der Waals surface area contributed by atoms with E-state index < -0.39 is 6.04 Å². The molecule has 0 radical (unpaired) electrons. The van der Waals surface area contributed by atoms with E-state index in [0.29, 0.717) is 0 Å². The smallest absolute Gasteiger partial charge is 0.238 e. The van der Waals surface area contributed by atoms with Crippen molar-refractivity contribution in [3.8, 4) is 12.3 Å². The molecule has 0 bridgehead atoms. The van der Waals surface area contributed by atoms with Crippen LogP contribution in [0.5, 0.6) is 0 Å². The molecule has 3 heteroatoms. The van der Waals surface area contributed by atoms with Gasteiger partial charge < -0.3 is 11.1 Å². The third-order valence-corrected chi connectivity index (χ3v) is 2.49. The highest BCUT2D eigenvalue weighted by Crippen LogP contribution is 2.05. The van der Waals surface area contributed by atoms with Gasteiger partial charge in [0.25, 0.3) is 0 Å². The van der Waals surface area contributed by atoms with E-state index >= 15 is 0 Å². The maximum atomic E-state index is 11.5. The van der Waals surface area contributed by atoms with Crippen LogP contribution in [0.4, 0.5) is 0 Å². The maximum absolute atomic E-state index is 11.5. The fraction of sp³-hybridized carbons (Fsp3) is 0.727. The molecule has 0 heterocycles. The first-order valence-corrected chi connectivity index (χ1v) is 5.08. The molecule has 0 aromatic heterocycles. The number of hydrogen-bond acceptors (Lipinski definition) is 2. The van der Waals surface area contributed by atoms with Gasteiger partial charge in [0, 0.05) is 0 Å². The predicted molar refractivity (Wildman–Crippen MR) is 58.5 cm³/mol. The number of carbonyl (C=O) groups is 1. The summed E-state index contributed by atoms with van der Waals surface area (Å²) in [4.78, 5) is 11.5. The molecular weight excluding hydrogens is 176 g/mol. The SMILES string of the molecule is C#CC(CC)NC(=O)[C@@H](N)C(C)CC. The third kappa shape index (κ3) is 3.80. The van der Waals surface area contributed by atoms with Crippen LogP contribution in [0.2, 0.25) is 0 Å². The second-order valence-electron chi connectivity index (χ2n) is 3.55. The van der Waals surface area contributed by atoms with Gasteiger partial charge in [-0.25, -0.2) is 0 Å². The average molecular weight is 196 g/mol. The summed E-state index contributed by atoms with van der Waals surface area (Å²) in [5.74, 6) is 2.54. The number of nitrogens with one attached hydrogen (secondary N) is 1. The number of nitrogens with two attached hydrogens (primary N) is 1. The Bertz CT molecular complexity index is 220. The molecule has 0 saturated carbocycles. The molecule has 0 aliphatic rings. The molecule has 3 atom stereocenters. The van der Waals surface area contributed by atoms with Gasteiger partial charge in [0.2, 0.25) is 5.91 Å². The number of amides is 1. The zero-order valence-electron chi connectivity index (χ0n) is 9.21. The van der Waals surface area contributed by atoms with Crippen molar-refractivity contribution in [2.75, 3.05) is 0 Å². The summed E-state index contributed by atoms with van der Waals surface area (Å²) in [6.07, 6.45) is 6.86. The molecule has 0 spiro atoms. The Balaban J connectivity index is 4.14. The first-order valence-electron chi connectivity index (χ1n) is 5.08. The standard InChI is InChI=1S/C11H20N2O/c1-5-8(4)10(12)11(14)13-9(6-2)7-3/h2,8-10H,5,7,12H2,1,3-4H3,(H,13,14)/t8?,9?,10-/m0/s1. The molecule has 0 aliphatic heterocycles.